The van der Waals surface area contributed by atoms with Crippen molar-refractivity contribution in [3.63, 3.8) is 0 Å². The normalized spacial score (nSPS) is 11.3. The van der Waals surface area contributed by atoms with E-state index in [-0.39, 0.29) is 27.8 Å². The summed E-state index contributed by atoms with van der Waals surface area (Å²) in [4.78, 5) is 24.8. The smallest absolute Gasteiger partial charge is 0.416 e. The molecule has 38 heavy (non-hydrogen) atoms. The minimum absolute atomic E-state index is 0.0190. The minimum atomic E-state index is -4.59. The lowest BCUT2D eigenvalue weighted by molar-refractivity contribution is -0.137. The van der Waals surface area contributed by atoms with Gasteiger partial charge in [-0.1, -0.05) is 29.3 Å². The third kappa shape index (κ3) is 7.65. The number of methoxy groups -OCH3 is 1. The van der Waals surface area contributed by atoms with E-state index in [0.717, 1.165) is 18.2 Å². The number of anilines is 2. The van der Waals surface area contributed by atoms with Crippen LogP contribution in [-0.4, -0.2) is 25.5 Å². The Bertz CT molecular complexity index is 1420. The largest absolute Gasteiger partial charge is 0.493 e. The lowest BCUT2D eigenvalue weighted by Crippen LogP contribution is -2.20. The van der Waals surface area contributed by atoms with Gasteiger partial charge < -0.3 is 20.1 Å². The van der Waals surface area contributed by atoms with E-state index >= 15 is 0 Å². The van der Waals surface area contributed by atoms with Gasteiger partial charge in [-0.25, -0.2) is 0 Å². The maximum Gasteiger partial charge on any atom is 0.416 e. The molecule has 3 rings (SSSR count). The summed E-state index contributed by atoms with van der Waals surface area (Å²) in [6.07, 6.45) is -3.42. The van der Waals surface area contributed by atoms with Crippen LogP contribution in [0.1, 0.15) is 11.1 Å². The molecule has 0 aliphatic carbocycles. The number of hydrogen-bond acceptors (Lipinski definition) is 5. The van der Waals surface area contributed by atoms with E-state index in [0.29, 0.717) is 10.7 Å². The van der Waals surface area contributed by atoms with Crippen LogP contribution in [0.25, 0.3) is 6.08 Å². The molecule has 196 valence electrons. The number of nitrogens with zero attached hydrogens (tertiary/aromatic N) is 1. The summed E-state index contributed by atoms with van der Waals surface area (Å²) in [5, 5.41) is 14.9. The molecule has 0 heterocycles. The Morgan fingerprint density at radius 3 is 2.37 bits per heavy atom. The summed E-state index contributed by atoms with van der Waals surface area (Å²) in [7, 11) is 1.32. The van der Waals surface area contributed by atoms with Gasteiger partial charge in [-0.05, 0) is 66.2 Å². The van der Waals surface area contributed by atoms with Crippen LogP contribution in [0.5, 0.6) is 11.5 Å². The number of alkyl halides is 3. The molecule has 0 aliphatic rings. The van der Waals surface area contributed by atoms with Gasteiger partial charge in [-0.15, -0.1) is 0 Å². The van der Waals surface area contributed by atoms with E-state index in [1.165, 1.54) is 31.4 Å². The van der Waals surface area contributed by atoms with Crippen LogP contribution >= 0.6 is 23.2 Å². The van der Waals surface area contributed by atoms with Crippen LogP contribution in [0.3, 0.4) is 0 Å². The second-order valence-corrected chi connectivity index (χ2v) is 8.42. The van der Waals surface area contributed by atoms with Crippen molar-refractivity contribution >= 4 is 52.5 Å². The van der Waals surface area contributed by atoms with Crippen LogP contribution in [0.4, 0.5) is 24.5 Å². The van der Waals surface area contributed by atoms with Crippen molar-refractivity contribution in [3.8, 4) is 17.6 Å². The Kier molecular flexibility index (Phi) is 9.23. The lowest BCUT2D eigenvalue weighted by atomic mass is 10.1. The standard InChI is InChI=1S/C26H18Cl2F3N3O4/c1-37-22-11-15(9-16(13-32)25(36)34-20-4-2-3-17(12-20)26(29,30)31)10-21(28)24(22)38-14-23(35)33-19-7-5-18(27)6-8-19/h2-12H,14H2,1H3,(H,33,35)(H,34,36)/b16-9+. The maximum atomic E-state index is 12.9. The summed E-state index contributed by atoms with van der Waals surface area (Å²) < 4.78 is 49.6. The average molecular weight is 564 g/mol. The van der Waals surface area contributed by atoms with Crippen LogP contribution in [0, 0.1) is 11.3 Å². The number of nitrogens with one attached hydrogen (secondary N) is 2. The quantitative estimate of drug-likeness (QED) is 0.238. The van der Waals surface area contributed by atoms with Crippen LogP contribution in [-0.2, 0) is 15.8 Å². The minimum Gasteiger partial charge on any atom is -0.493 e. The third-order valence-electron chi connectivity index (χ3n) is 4.85. The highest BCUT2D eigenvalue weighted by molar-refractivity contribution is 6.32. The number of rotatable bonds is 8. The number of ether oxygens (including phenoxy) is 2. The Hall–Kier alpha value is -4.20. The van der Waals surface area contributed by atoms with E-state index in [2.05, 4.69) is 10.6 Å². The fraction of sp³-hybridized carbons (Fsp3) is 0.115. The van der Waals surface area contributed by atoms with Crippen molar-refractivity contribution in [2.75, 3.05) is 24.4 Å². The molecular formula is C26H18Cl2F3N3O4. The summed E-state index contributed by atoms with van der Waals surface area (Å²) in [5.74, 6) is -1.25. The summed E-state index contributed by atoms with van der Waals surface area (Å²) in [6.45, 7) is -0.406. The van der Waals surface area contributed by atoms with Gasteiger partial charge in [0.1, 0.15) is 11.6 Å². The molecule has 2 N–H and O–H groups in total. The van der Waals surface area contributed by atoms with Gasteiger partial charge in [0.2, 0.25) is 0 Å². The Morgan fingerprint density at radius 1 is 1.03 bits per heavy atom. The zero-order valence-corrected chi connectivity index (χ0v) is 21.0. The first kappa shape index (κ1) is 28.4. The first-order valence-electron chi connectivity index (χ1n) is 10.7. The van der Waals surface area contributed by atoms with E-state index < -0.39 is 35.7 Å². The molecule has 12 heteroatoms. The Labute approximate surface area is 225 Å². The van der Waals surface area contributed by atoms with Gasteiger partial charge in [-0.3, -0.25) is 9.59 Å². The van der Waals surface area contributed by atoms with Crippen molar-refractivity contribution in [2.45, 2.75) is 6.18 Å². The zero-order chi connectivity index (χ0) is 27.9. The van der Waals surface area contributed by atoms with Gasteiger partial charge >= 0.3 is 6.18 Å². The Morgan fingerprint density at radius 2 is 1.74 bits per heavy atom. The number of benzene rings is 3. The first-order valence-corrected chi connectivity index (χ1v) is 11.4. The van der Waals surface area contributed by atoms with E-state index in [1.54, 1.807) is 30.3 Å². The molecule has 0 atom stereocenters. The molecule has 0 saturated carbocycles. The highest BCUT2D eigenvalue weighted by Crippen LogP contribution is 2.37. The van der Waals surface area contributed by atoms with Gasteiger partial charge in [0.25, 0.3) is 11.8 Å². The van der Waals surface area contributed by atoms with Crippen molar-refractivity contribution in [2.24, 2.45) is 0 Å². The topological polar surface area (TPSA) is 100 Å². The maximum absolute atomic E-state index is 12.9. The molecule has 0 saturated heterocycles. The summed E-state index contributed by atoms with van der Waals surface area (Å²) >= 11 is 12.1. The molecule has 3 aromatic carbocycles. The predicted octanol–water partition coefficient (Wildman–Crippen LogP) is 6.58. The van der Waals surface area contributed by atoms with Gasteiger partial charge in [0, 0.05) is 16.4 Å². The van der Waals surface area contributed by atoms with Gasteiger partial charge in [-0.2, -0.15) is 18.4 Å². The monoisotopic (exact) mass is 563 g/mol. The second-order valence-electron chi connectivity index (χ2n) is 7.58. The molecule has 0 aliphatic heterocycles. The van der Waals surface area contributed by atoms with Crippen LogP contribution < -0.4 is 20.1 Å². The van der Waals surface area contributed by atoms with Gasteiger partial charge in [0.05, 0.1) is 17.7 Å². The fourth-order valence-corrected chi connectivity index (χ4v) is 3.52. The molecule has 0 unspecified atom stereocenters. The third-order valence-corrected chi connectivity index (χ3v) is 5.38. The second kappa shape index (κ2) is 12.4. The summed E-state index contributed by atoms with van der Waals surface area (Å²) in [6, 6.07) is 14.9. The molecule has 0 aromatic heterocycles. The first-order chi connectivity index (χ1) is 18.0. The molecule has 0 spiro atoms. The van der Waals surface area contributed by atoms with Gasteiger partial charge in [0.15, 0.2) is 18.1 Å². The zero-order valence-electron chi connectivity index (χ0n) is 19.5. The number of amides is 2. The lowest BCUT2D eigenvalue weighted by Gasteiger charge is -2.14. The number of carbonyl (C=O) groups is 2. The molecule has 3 aromatic rings. The average Bonchev–Trinajstić information content (AvgIpc) is 2.87. The SMILES string of the molecule is COc1cc(/C=C(\C#N)C(=O)Nc2cccc(C(F)(F)F)c2)cc(Cl)c1OCC(=O)Nc1ccc(Cl)cc1. The van der Waals surface area contributed by atoms with Crippen molar-refractivity contribution in [3.05, 3.63) is 87.4 Å². The number of hydrogen-bond donors (Lipinski definition) is 2. The number of nitriles is 1. The van der Waals surface area contributed by atoms with E-state index in [4.69, 9.17) is 32.7 Å². The molecule has 2 amide bonds. The fourth-order valence-electron chi connectivity index (χ4n) is 3.12. The molecule has 0 fully saturated rings. The number of carbonyl (C=O) groups excluding carboxylic acids is 2. The highest BCUT2D eigenvalue weighted by atomic mass is 35.5. The number of halogens is 5. The predicted molar refractivity (Wildman–Crippen MR) is 137 cm³/mol. The molecule has 0 bridgehead atoms. The van der Waals surface area contributed by atoms with E-state index in [9.17, 15) is 28.0 Å². The molecule has 0 radical (unpaired) electrons. The molecular weight excluding hydrogens is 546 g/mol. The van der Waals surface area contributed by atoms with E-state index in [1.807, 2.05) is 0 Å². The van der Waals surface area contributed by atoms with Crippen LogP contribution in [0.15, 0.2) is 66.2 Å². The van der Waals surface area contributed by atoms with Crippen molar-refractivity contribution in [1.29, 1.82) is 5.26 Å². The molecule has 7 nitrogen and oxygen atoms in total. The Balaban J connectivity index is 1.74. The summed E-state index contributed by atoms with van der Waals surface area (Å²) in [5.41, 5.74) is -0.722. The van der Waals surface area contributed by atoms with Crippen molar-refractivity contribution in [1.82, 2.24) is 0 Å². The van der Waals surface area contributed by atoms with Crippen molar-refractivity contribution < 1.29 is 32.2 Å². The van der Waals surface area contributed by atoms with Crippen LogP contribution in [0.2, 0.25) is 10.0 Å². The highest BCUT2D eigenvalue weighted by Gasteiger charge is 2.30.